The van der Waals surface area contributed by atoms with Crippen molar-refractivity contribution in [1.82, 2.24) is 9.47 Å². The molecule has 1 aliphatic rings. The number of ether oxygens (including phenoxy) is 2. The summed E-state index contributed by atoms with van der Waals surface area (Å²) in [6.45, 7) is 11.4. The van der Waals surface area contributed by atoms with Crippen molar-refractivity contribution in [2.24, 2.45) is 0 Å². The molecule has 2 heterocycles. The van der Waals surface area contributed by atoms with Crippen LogP contribution in [-0.2, 0) is 24.3 Å². The Morgan fingerprint density at radius 1 is 0.764 bits per heavy atom. The van der Waals surface area contributed by atoms with Gasteiger partial charge in [0, 0.05) is 80.5 Å². The van der Waals surface area contributed by atoms with E-state index in [9.17, 15) is 9.59 Å². The lowest BCUT2D eigenvalue weighted by molar-refractivity contribution is -0.137. The molecule has 5 aromatic rings. The smallest absolute Gasteiger partial charge is 0.303 e. The topological polar surface area (TPSA) is 96.3 Å². The number of hydrogen-bond donors (Lipinski definition) is 2. The van der Waals surface area contributed by atoms with Crippen LogP contribution in [0, 0.1) is 0 Å². The first-order valence-electron chi connectivity index (χ1n) is 19.1. The van der Waals surface area contributed by atoms with Gasteiger partial charge in [-0.2, -0.15) is 0 Å². The van der Waals surface area contributed by atoms with E-state index in [0.717, 1.165) is 80.9 Å². The number of piperazine rings is 1. The molecule has 1 aliphatic heterocycles. The zero-order chi connectivity index (χ0) is 37.0. The van der Waals surface area contributed by atoms with Crippen LogP contribution in [0.25, 0.3) is 10.9 Å². The van der Waals surface area contributed by atoms with E-state index in [1.165, 1.54) is 16.8 Å². The van der Waals surface area contributed by atoms with Crippen LogP contribution in [0.3, 0.4) is 0 Å². The quantitative estimate of drug-likeness (QED) is 0.0632. The average Bonchev–Trinajstić information content (AvgIpc) is 3.56. The van der Waals surface area contributed by atoms with Crippen molar-refractivity contribution in [1.29, 1.82) is 0 Å². The highest BCUT2D eigenvalue weighted by Gasteiger charge is 2.21. The number of hydrogen-bond acceptors (Lipinski definition) is 7. The van der Waals surface area contributed by atoms with Gasteiger partial charge in [-0.1, -0.05) is 68.4 Å². The first kappa shape index (κ1) is 43.0. The number of para-hydroxylation sites is 3. The molecule has 0 aliphatic carbocycles. The van der Waals surface area contributed by atoms with Crippen molar-refractivity contribution >= 4 is 58.8 Å². The zero-order valence-corrected chi connectivity index (χ0v) is 33.5. The van der Waals surface area contributed by atoms with E-state index in [0.29, 0.717) is 43.0 Å². The second-order valence-corrected chi connectivity index (χ2v) is 13.7. The van der Waals surface area contributed by atoms with Gasteiger partial charge in [0.2, 0.25) is 0 Å². The maximum absolute atomic E-state index is 14.1. The third-order valence-electron chi connectivity index (χ3n) is 9.90. The molecular weight excluding hydrogens is 735 g/mol. The standard InChI is InChI=1S/C44H52N4O5.2ClH/c1-3-28-52-41-14-8-7-13-40(41)47-26-24-46(25-27-47)22-10-29-53-42-30-35(20-21-38(42)45-31-34-18-16-33(4-2)17-19-34)44(51)37-32-48(23-9-15-43(49)50)39-12-6-5-11-36(37)39;;/h5-8,11-14,16-21,30,32,45H,3-4,9-10,15,22-29,31H2,1-2H3,(H,49,50);2*1H. The van der Waals surface area contributed by atoms with Gasteiger partial charge in [-0.05, 0) is 73.2 Å². The van der Waals surface area contributed by atoms with Gasteiger partial charge in [0.1, 0.15) is 11.5 Å². The Morgan fingerprint density at radius 2 is 1.47 bits per heavy atom. The summed E-state index contributed by atoms with van der Waals surface area (Å²) in [6.07, 6.45) is 5.26. The summed E-state index contributed by atoms with van der Waals surface area (Å²) < 4.78 is 14.5. The fraction of sp³-hybridized carbons (Fsp3) is 0.364. The Morgan fingerprint density at radius 3 is 2.22 bits per heavy atom. The summed E-state index contributed by atoms with van der Waals surface area (Å²) in [5.41, 5.74) is 6.54. The lowest BCUT2D eigenvalue weighted by Crippen LogP contribution is -2.46. The third kappa shape index (κ3) is 11.4. The number of benzene rings is 4. The SMILES string of the molecule is CCCOc1ccccc1N1CCN(CCCOc2cc(C(=O)c3cn(CCCC(=O)O)c4ccccc34)ccc2NCc2ccc(CC)cc2)CC1.Cl.Cl. The minimum absolute atomic E-state index is 0. The number of nitrogens with one attached hydrogen (secondary N) is 1. The third-order valence-corrected chi connectivity index (χ3v) is 9.90. The Labute approximate surface area is 337 Å². The van der Waals surface area contributed by atoms with Gasteiger partial charge in [0.15, 0.2) is 5.78 Å². The summed E-state index contributed by atoms with van der Waals surface area (Å²) in [4.78, 5) is 30.1. The molecule has 0 radical (unpaired) electrons. The molecule has 1 saturated heterocycles. The van der Waals surface area contributed by atoms with E-state index < -0.39 is 5.97 Å². The molecule has 9 nitrogen and oxygen atoms in total. The van der Waals surface area contributed by atoms with Crippen LogP contribution in [0.4, 0.5) is 11.4 Å². The van der Waals surface area contributed by atoms with E-state index in [1.54, 1.807) is 0 Å². The van der Waals surface area contributed by atoms with Crippen LogP contribution >= 0.6 is 24.8 Å². The largest absolute Gasteiger partial charge is 0.491 e. The molecule has 6 rings (SSSR count). The molecule has 0 saturated carbocycles. The summed E-state index contributed by atoms with van der Waals surface area (Å²) in [7, 11) is 0. The van der Waals surface area contributed by atoms with Crippen LogP contribution in [-0.4, -0.2) is 72.3 Å². The van der Waals surface area contributed by atoms with Crippen molar-refractivity contribution in [3.63, 3.8) is 0 Å². The van der Waals surface area contributed by atoms with Crippen LogP contribution < -0.4 is 19.7 Å². The highest BCUT2D eigenvalue weighted by Crippen LogP contribution is 2.31. The fourth-order valence-electron chi connectivity index (χ4n) is 6.92. The molecule has 0 spiro atoms. The van der Waals surface area contributed by atoms with Crippen LogP contribution in [0.1, 0.15) is 66.6 Å². The monoisotopic (exact) mass is 788 g/mol. The molecule has 4 aromatic carbocycles. The van der Waals surface area contributed by atoms with Gasteiger partial charge >= 0.3 is 5.97 Å². The van der Waals surface area contributed by atoms with E-state index in [-0.39, 0.29) is 37.0 Å². The Kier molecular flexibility index (Phi) is 16.7. The fourth-order valence-corrected chi connectivity index (χ4v) is 6.92. The number of halogens is 2. The van der Waals surface area contributed by atoms with Gasteiger partial charge in [-0.3, -0.25) is 14.5 Å². The Balaban J connectivity index is 0.00000336. The summed E-state index contributed by atoms with van der Waals surface area (Å²) >= 11 is 0. The molecule has 0 amide bonds. The van der Waals surface area contributed by atoms with Crippen molar-refractivity contribution in [3.05, 3.63) is 119 Å². The molecule has 0 bridgehead atoms. The van der Waals surface area contributed by atoms with Gasteiger partial charge in [0.05, 0.1) is 24.6 Å². The van der Waals surface area contributed by atoms with Crippen molar-refractivity contribution < 1.29 is 24.2 Å². The van der Waals surface area contributed by atoms with E-state index in [4.69, 9.17) is 14.6 Å². The van der Waals surface area contributed by atoms with Crippen molar-refractivity contribution in [2.75, 3.05) is 56.2 Å². The number of carboxylic acid groups (broad SMARTS) is 1. The molecule has 0 unspecified atom stereocenters. The van der Waals surface area contributed by atoms with Crippen LogP contribution in [0.2, 0.25) is 0 Å². The average molecular weight is 790 g/mol. The van der Waals surface area contributed by atoms with Crippen molar-refractivity contribution in [3.8, 4) is 11.5 Å². The van der Waals surface area contributed by atoms with E-state index in [1.807, 2.05) is 59.3 Å². The summed E-state index contributed by atoms with van der Waals surface area (Å²) in [6, 6.07) is 30.4. The number of fused-ring (bicyclic) bond motifs is 1. The van der Waals surface area contributed by atoms with Crippen LogP contribution in [0.5, 0.6) is 11.5 Å². The van der Waals surface area contributed by atoms with Gasteiger partial charge in [0.25, 0.3) is 0 Å². The molecule has 11 heteroatoms. The lowest BCUT2D eigenvalue weighted by atomic mass is 10.0. The van der Waals surface area contributed by atoms with Crippen LogP contribution in [0.15, 0.2) is 97.2 Å². The molecule has 1 fully saturated rings. The summed E-state index contributed by atoms with van der Waals surface area (Å²) in [5, 5.41) is 13.6. The lowest BCUT2D eigenvalue weighted by Gasteiger charge is -2.36. The number of rotatable bonds is 19. The van der Waals surface area contributed by atoms with E-state index >= 15 is 0 Å². The number of nitrogens with zero attached hydrogens (tertiary/aromatic N) is 3. The number of aromatic nitrogens is 1. The highest BCUT2D eigenvalue weighted by atomic mass is 35.5. The first-order valence-corrected chi connectivity index (χ1v) is 19.1. The van der Waals surface area contributed by atoms with Gasteiger partial charge in [-0.15, -0.1) is 24.8 Å². The number of anilines is 2. The van der Waals surface area contributed by atoms with E-state index in [2.05, 4.69) is 71.4 Å². The number of aliphatic carboxylic acids is 1. The maximum atomic E-state index is 14.1. The van der Waals surface area contributed by atoms with Gasteiger partial charge in [-0.25, -0.2) is 0 Å². The van der Waals surface area contributed by atoms with Crippen molar-refractivity contribution in [2.45, 2.75) is 59.0 Å². The molecule has 55 heavy (non-hydrogen) atoms. The second kappa shape index (κ2) is 21.4. The number of carbonyl (C=O) groups excluding carboxylic acids is 1. The maximum Gasteiger partial charge on any atom is 0.303 e. The zero-order valence-electron chi connectivity index (χ0n) is 31.9. The number of carboxylic acids is 1. The minimum Gasteiger partial charge on any atom is -0.491 e. The Bertz CT molecular complexity index is 1980. The second-order valence-electron chi connectivity index (χ2n) is 13.7. The molecule has 0 atom stereocenters. The predicted octanol–water partition coefficient (Wildman–Crippen LogP) is 9.14. The number of ketones is 1. The molecule has 1 aromatic heterocycles. The Hall–Kier alpha value is -4.70. The number of carbonyl (C=O) groups is 2. The summed E-state index contributed by atoms with van der Waals surface area (Å²) in [5.74, 6) is 0.694. The molecule has 294 valence electrons. The minimum atomic E-state index is -0.825. The normalized spacial score (nSPS) is 12.8. The predicted molar refractivity (Wildman–Crippen MR) is 227 cm³/mol. The number of aryl methyl sites for hydroxylation is 2. The van der Waals surface area contributed by atoms with Gasteiger partial charge < -0.3 is 29.4 Å². The molecular formula is C44H54Cl2N4O5. The molecule has 2 N–H and O–H groups in total. The highest BCUT2D eigenvalue weighted by molar-refractivity contribution is 6.16. The first-order chi connectivity index (χ1) is 25.9.